The van der Waals surface area contributed by atoms with Crippen LogP contribution in [0.2, 0.25) is 0 Å². The Bertz CT molecular complexity index is 430. The van der Waals surface area contributed by atoms with Gasteiger partial charge in [-0.1, -0.05) is 31.5 Å². The average molecular weight is 274 g/mol. The Morgan fingerprint density at radius 2 is 1.85 bits per heavy atom. The van der Waals surface area contributed by atoms with Gasteiger partial charge in [0.2, 0.25) is 0 Å². The van der Waals surface area contributed by atoms with Gasteiger partial charge in [0.1, 0.15) is 0 Å². The van der Waals surface area contributed by atoms with E-state index in [2.05, 4.69) is 57.0 Å². The Labute approximate surface area is 124 Å². The SMILES string of the molecule is CCNC1CCN(Cc2c(C)cc(C)cc2C)CC1C. The number of nitrogens with zero attached hydrogens (tertiary/aromatic N) is 1. The van der Waals surface area contributed by atoms with Crippen molar-refractivity contribution in [2.24, 2.45) is 5.92 Å². The molecule has 0 saturated carbocycles. The normalized spacial score (nSPS) is 24.1. The Hall–Kier alpha value is -0.860. The second kappa shape index (κ2) is 6.73. The molecule has 1 N–H and O–H groups in total. The van der Waals surface area contributed by atoms with Crippen LogP contribution in [0.4, 0.5) is 0 Å². The molecule has 1 aliphatic heterocycles. The molecule has 112 valence electrons. The molecular weight excluding hydrogens is 244 g/mol. The zero-order chi connectivity index (χ0) is 14.7. The third kappa shape index (κ3) is 3.62. The maximum Gasteiger partial charge on any atom is 0.0239 e. The number of piperidine rings is 1. The lowest BCUT2D eigenvalue weighted by molar-refractivity contribution is 0.141. The summed E-state index contributed by atoms with van der Waals surface area (Å²) in [5.41, 5.74) is 5.81. The van der Waals surface area contributed by atoms with E-state index in [4.69, 9.17) is 0 Å². The molecule has 0 radical (unpaired) electrons. The van der Waals surface area contributed by atoms with Crippen molar-refractivity contribution >= 4 is 0 Å². The molecule has 0 aliphatic carbocycles. The number of nitrogens with one attached hydrogen (secondary N) is 1. The first-order chi connectivity index (χ1) is 9.51. The van der Waals surface area contributed by atoms with Crippen molar-refractivity contribution in [1.29, 1.82) is 0 Å². The Morgan fingerprint density at radius 1 is 1.20 bits per heavy atom. The number of hydrogen-bond donors (Lipinski definition) is 1. The molecule has 2 heteroatoms. The highest BCUT2D eigenvalue weighted by Gasteiger charge is 2.25. The summed E-state index contributed by atoms with van der Waals surface area (Å²) in [5, 5.41) is 3.62. The van der Waals surface area contributed by atoms with E-state index in [1.807, 2.05) is 0 Å². The minimum Gasteiger partial charge on any atom is -0.314 e. The summed E-state index contributed by atoms with van der Waals surface area (Å²) in [6, 6.07) is 5.34. The van der Waals surface area contributed by atoms with Gasteiger partial charge in [0.25, 0.3) is 0 Å². The fourth-order valence-corrected chi connectivity index (χ4v) is 3.62. The van der Waals surface area contributed by atoms with Gasteiger partial charge in [0.15, 0.2) is 0 Å². The highest BCUT2D eigenvalue weighted by Crippen LogP contribution is 2.22. The molecule has 2 unspecified atom stereocenters. The lowest BCUT2D eigenvalue weighted by Crippen LogP contribution is -2.48. The van der Waals surface area contributed by atoms with E-state index in [0.29, 0.717) is 6.04 Å². The van der Waals surface area contributed by atoms with Crippen LogP contribution in [0, 0.1) is 26.7 Å². The zero-order valence-electron chi connectivity index (χ0n) is 13.8. The molecule has 2 atom stereocenters. The van der Waals surface area contributed by atoms with Gasteiger partial charge < -0.3 is 5.32 Å². The fraction of sp³-hybridized carbons (Fsp3) is 0.667. The quantitative estimate of drug-likeness (QED) is 0.905. The van der Waals surface area contributed by atoms with E-state index >= 15 is 0 Å². The number of hydrogen-bond acceptors (Lipinski definition) is 2. The first-order valence-electron chi connectivity index (χ1n) is 8.03. The van der Waals surface area contributed by atoms with E-state index in [1.54, 1.807) is 0 Å². The van der Waals surface area contributed by atoms with Crippen LogP contribution >= 0.6 is 0 Å². The van der Waals surface area contributed by atoms with Crippen LogP contribution in [-0.4, -0.2) is 30.6 Å². The molecule has 20 heavy (non-hydrogen) atoms. The summed E-state index contributed by atoms with van der Waals surface area (Å²) in [6.07, 6.45) is 1.28. The first-order valence-corrected chi connectivity index (χ1v) is 8.03. The molecule has 0 aromatic heterocycles. The maximum absolute atomic E-state index is 3.62. The second-order valence-corrected chi connectivity index (χ2v) is 6.54. The minimum atomic E-state index is 0.705. The summed E-state index contributed by atoms with van der Waals surface area (Å²) >= 11 is 0. The Balaban J connectivity index is 2.02. The van der Waals surface area contributed by atoms with E-state index < -0.39 is 0 Å². The molecule has 0 bridgehead atoms. The van der Waals surface area contributed by atoms with Crippen molar-refractivity contribution in [3.8, 4) is 0 Å². The van der Waals surface area contributed by atoms with Gasteiger partial charge in [-0.05, 0) is 62.9 Å². The van der Waals surface area contributed by atoms with Crippen LogP contribution in [0.15, 0.2) is 12.1 Å². The fourth-order valence-electron chi connectivity index (χ4n) is 3.62. The molecule has 1 aromatic rings. The van der Waals surface area contributed by atoms with Crippen molar-refractivity contribution in [3.63, 3.8) is 0 Å². The zero-order valence-corrected chi connectivity index (χ0v) is 13.8. The van der Waals surface area contributed by atoms with Crippen LogP contribution in [0.1, 0.15) is 42.5 Å². The standard InChI is InChI=1S/C18H30N2/c1-6-19-18-7-8-20(11-16(18)5)12-17-14(3)9-13(2)10-15(17)4/h9-10,16,18-19H,6-8,11-12H2,1-5H3. The summed E-state index contributed by atoms with van der Waals surface area (Å²) in [5.74, 6) is 0.745. The van der Waals surface area contributed by atoms with Gasteiger partial charge in [0.05, 0.1) is 0 Å². The highest BCUT2D eigenvalue weighted by atomic mass is 15.1. The molecule has 2 rings (SSSR count). The molecule has 2 nitrogen and oxygen atoms in total. The van der Waals surface area contributed by atoms with Gasteiger partial charge in [-0.25, -0.2) is 0 Å². The second-order valence-electron chi connectivity index (χ2n) is 6.54. The predicted octanol–water partition coefficient (Wildman–Crippen LogP) is 3.43. The average Bonchev–Trinajstić information content (AvgIpc) is 2.37. The third-order valence-corrected chi connectivity index (χ3v) is 4.68. The Morgan fingerprint density at radius 3 is 2.40 bits per heavy atom. The topological polar surface area (TPSA) is 15.3 Å². The van der Waals surface area contributed by atoms with Crippen LogP contribution in [0.25, 0.3) is 0 Å². The molecule has 0 amide bonds. The van der Waals surface area contributed by atoms with E-state index in [0.717, 1.165) is 19.0 Å². The van der Waals surface area contributed by atoms with Gasteiger partial charge >= 0.3 is 0 Å². The summed E-state index contributed by atoms with van der Waals surface area (Å²) in [6.45, 7) is 15.9. The van der Waals surface area contributed by atoms with Crippen molar-refractivity contribution in [3.05, 3.63) is 34.4 Å². The lowest BCUT2D eigenvalue weighted by Gasteiger charge is -2.37. The van der Waals surface area contributed by atoms with E-state index in [1.165, 1.54) is 41.8 Å². The minimum absolute atomic E-state index is 0.705. The molecular formula is C18H30N2. The maximum atomic E-state index is 3.62. The smallest absolute Gasteiger partial charge is 0.0239 e. The first kappa shape index (κ1) is 15.5. The number of benzene rings is 1. The van der Waals surface area contributed by atoms with E-state index in [-0.39, 0.29) is 0 Å². The highest BCUT2D eigenvalue weighted by molar-refractivity contribution is 5.37. The van der Waals surface area contributed by atoms with Crippen molar-refractivity contribution in [2.75, 3.05) is 19.6 Å². The van der Waals surface area contributed by atoms with Gasteiger partial charge in [-0.3, -0.25) is 4.90 Å². The lowest BCUT2D eigenvalue weighted by atomic mass is 9.92. The van der Waals surface area contributed by atoms with E-state index in [9.17, 15) is 0 Å². The predicted molar refractivity (Wildman–Crippen MR) is 87.2 cm³/mol. The van der Waals surface area contributed by atoms with Crippen LogP contribution in [0.5, 0.6) is 0 Å². The third-order valence-electron chi connectivity index (χ3n) is 4.68. The summed E-state index contributed by atoms with van der Waals surface area (Å²) < 4.78 is 0. The molecule has 1 fully saturated rings. The van der Waals surface area contributed by atoms with Crippen molar-refractivity contribution in [2.45, 2.75) is 53.6 Å². The van der Waals surface area contributed by atoms with Gasteiger partial charge in [-0.2, -0.15) is 0 Å². The van der Waals surface area contributed by atoms with Crippen LogP contribution < -0.4 is 5.32 Å². The largest absolute Gasteiger partial charge is 0.314 e. The molecule has 1 aliphatic rings. The number of aryl methyl sites for hydroxylation is 3. The van der Waals surface area contributed by atoms with Gasteiger partial charge in [-0.15, -0.1) is 0 Å². The molecule has 1 heterocycles. The van der Waals surface area contributed by atoms with Crippen molar-refractivity contribution in [1.82, 2.24) is 10.2 Å². The van der Waals surface area contributed by atoms with Gasteiger partial charge in [0, 0.05) is 19.1 Å². The van der Waals surface area contributed by atoms with Crippen LogP contribution in [0.3, 0.4) is 0 Å². The van der Waals surface area contributed by atoms with Crippen molar-refractivity contribution < 1.29 is 0 Å². The summed E-state index contributed by atoms with van der Waals surface area (Å²) in [4.78, 5) is 2.63. The van der Waals surface area contributed by atoms with Crippen LogP contribution in [-0.2, 0) is 6.54 Å². The molecule has 1 saturated heterocycles. The Kier molecular flexibility index (Phi) is 5.22. The monoisotopic (exact) mass is 274 g/mol. The molecule has 0 spiro atoms. The molecule has 1 aromatic carbocycles. The summed E-state index contributed by atoms with van der Waals surface area (Å²) in [7, 11) is 0. The number of rotatable bonds is 4. The number of likely N-dealkylation sites (tertiary alicyclic amines) is 1.